The van der Waals surface area contributed by atoms with Gasteiger partial charge in [0.2, 0.25) is 0 Å². The highest BCUT2D eigenvalue weighted by Gasteiger charge is 2.49. The minimum atomic E-state index is -1.18. The fourth-order valence-electron chi connectivity index (χ4n) is 2.94. The van der Waals surface area contributed by atoms with Crippen LogP contribution in [0.3, 0.4) is 0 Å². The van der Waals surface area contributed by atoms with Gasteiger partial charge in [-0.15, -0.1) is 5.01 Å². The van der Waals surface area contributed by atoms with Crippen LogP contribution in [0.15, 0.2) is 29.4 Å². The molecule has 0 aliphatic carbocycles. The van der Waals surface area contributed by atoms with E-state index in [9.17, 15) is 9.59 Å². The second-order valence-electron chi connectivity index (χ2n) is 6.35. The number of aromatic nitrogens is 2. The average molecular weight is 355 g/mol. The second kappa shape index (κ2) is 6.29. The van der Waals surface area contributed by atoms with Crippen molar-refractivity contribution < 1.29 is 14.3 Å². The summed E-state index contributed by atoms with van der Waals surface area (Å²) in [6, 6.07) is 6.42. The molecule has 3 amide bonds. The molecule has 8 heteroatoms. The first kappa shape index (κ1) is 17.7. The molecule has 0 saturated carbocycles. The van der Waals surface area contributed by atoms with E-state index >= 15 is 0 Å². The first-order valence-electron chi connectivity index (χ1n) is 8.13. The molecule has 1 N–H and O–H groups in total. The molecule has 1 atom stereocenters. The Hall–Kier alpha value is -3.16. The number of hydrazone groups is 1. The largest absolute Gasteiger partial charge is 0.497 e. The summed E-state index contributed by atoms with van der Waals surface area (Å²) in [5.74, 6) is 0.231. The molecule has 2 heterocycles. The summed E-state index contributed by atoms with van der Waals surface area (Å²) in [6.45, 7) is 5.40. The van der Waals surface area contributed by atoms with Crippen LogP contribution in [0.25, 0.3) is 0 Å². The van der Waals surface area contributed by atoms with Gasteiger partial charge in [-0.05, 0) is 38.5 Å². The molecule has 1 fully saturated rings. The van der Waals surface area contributed by atoms with E-state index in [4.69, 9.17) is 4.74 Å². The van der Waals surface area contributed by atoms with Gasteiger partial charge in [0.15, 0.2) is 0 Å². The molecule has 2 aromatic rings. The molecule has 1 aliphatic heterocycles. The fourth-order valence-corrected chi connectivity index (χ4v) is 2.94. The molecule has 1 aliphatic rings. The highest BCUT2D eigenvalue weighted by atomic mass is 16.5. The van der Waals surface area contributed by atoms with Gasteiger partial charge in [-0.2, -0.15) is 10.2 Å². The molecule has 1 aromatic heterocycles. The van der Waals surface area contributed by atoms with Crippen LogP contribution in [-0.4, -0.2) is 40.1 Å². The summed E-state index contributed by atoms with van der Waals surface area (Å²) < 4.78 is 6.86. The lowest BCUT2D eigenvalue weighted by Gasteiger charge is -2.21. The molecule has 26 heavy (non-hydrogen) atoms. The fraction of sp³-hybridized carbons (Fsp3) is 0.333. The number of nitrogens with one attached hydrogen (secondary N) is 1. The number of imide groups is 1. The molecule has 1 saturated heterocycles. The number of ether oxygens (including phenoxy) is 1. The lowest BCUT2D eigenvalue weighted by atomic mass is 9.92. The van der Waals surface area contributed by atoms with Crippen LogP contribution in [0.4, 0.5) is 4.79 Å². The van der Waals surface area contributed by atoms with Crippen LogP contribution >= 0.6 is 0 Å². The summed E-state index contributed by atoms with van der Waals surface area (Å²) >= 11 is 0. The number of hydrogen-bond donors (Lipinski definition) is 1. The van der Waals surface area contributed by atoms with E-state index in [2.05, 4.69) is 15.5 Å². The Kier molecular flexibility index (Phi) is 4.27. The molecule has 0 spiro atoms. The van der Waals surface area contributed by atoms with Crippen LogP contribution < -0.4 is 10.1 Å². The topological polar surface area (TPSA) is 88.8 Å². The summed E-state index contributed by atoms with van der Waals surface area (Å²) in [4.78, 5) is 25.2. The Morgan fingerprint density at radius 1 is 1.23 bits per heavy atom. The Balaban J connectivity index is 1.89. The standard InChI is InChI=1S/C18H21N5O3/c1-11-15(12(2)22(4)21-11)10-19-23-16(24)18(3,20-17(23)25)13-6-8-14(26-5)9-7-13/h6-10H,1-5H3,(H,20,25)/t18-/m1/s1. The lowest BCUT2D eigenvalue weighted by Crippen LogP contribution is -2.40. The number of carbonyl (C=O) groups excluding carboxylic acids is 2. The van der Waals surface area contributed by atoms with Gasteiger partial charge in [-0.3, -0.25) is 9.48 Å². The van der Waals surface area contributed by atoms with E-state index in [1.165, 1.54) is 6.21 Å². The van der Waals surface area contributed by atoms with E-state index in [0.29, 0.717) is 11.3 Å². The van der Waals surface area contributed by atoms with Gasteiger partial charge < -0.3 is 10.1 Å². The Labute approximate surface area is 151 Å². The van der Waals surface area contributed by atoms with Gasteiger partial charge in [0, 0.05) is 18.3 Å². The summed E-state index contributed by atoms with van der Waals surface area (Å²) in [5, 5.41) is 12.0. The van der Waals surface area contributed by atoms with Crippen molar-refractivity contribution in [2.24, 2.45) is 12.1 Å². The first-order valence-corrected chi connectivity index (χ1v) is 8.13. The number of benzene rings is 1. The van der Waals surface area contributed by atoms with E-state index in [1.54, 1.807) is 43.0 Å². The van der Waals surface area contributed by atoms with Crippen molar-refractivity contribution >= 4 is 18.2 Å². The highest BCUT2D eigenvalue weighted by molar-refractivity contribution is 6.07. The number of nitrogens with zero attached hydrogens (tertiary/aromatic N) is 4. The van der Waals surface area contributed by atoms with Gasteiger partial charge in [0.25, 0.3) is 5.91 Å². The van der Waals surface area contributed by atoms with Crippen molar-refractivity contribution in [3.8, 4) is 5.75 Å². The van der Waals surface area contributed by atoms with Gasteiger partial charge in [-0.1, -0.05) is 12.1 Å². The minimum absolute atomic E-state index is 0.442. The van der Waals surface area contributed by atoms with Crippen LogP contribution in [0, 0.1) is 13.8 Å². The van der Waals surface area contributed by atoms with Gasteiger partial charge >= 0.3 is 6.03 Å². The third-order valence-electron chi connectivity index (χ3n) is 4.70. The summed E-state index contributed by atoms with van der Waals surface area (Å²) in [6.07, 6.45) is 1.49. The summed E-state index contributed by atoms with van der Waals surface area (Å²) in [5.41, 5.74) is 1.93. The molecule has 0 unspecified atom stereocenters. The predicted octanol–water partition coefficient (Wildman–Crippen LogP) is 1.85. The highest BCUT2D eigenvalue weighted by Crippen LogP contribution is 2.30. The molecule has 8 nitrogen and oxygen atoms in total. The van der Waals surface area contributed by atoms with Gasteiger partial charge in [0.1, 0.15) is 11.3 Å². The minimum Gasteiger partial charge on any atom is -0.497 e. The van der Waals surface area contributed by atoms with Crippen molar-refractivity contribution in [3.63, 3.8) is 0 Å². The van der Waals surface area contributed by atoms with Gasteiger partial charge in [-0.25, -0.2) is 4.79 Å². The Morgan fingerprint density at radius 3 is 2.42 bits per heavy atom. The zero-order valence-electron chi connectivity index (χ0n) is 15.4. The van der Waals surface area contributed by atoms with E-state index < -0.39 is 17.5 Å². The molecule has 1 aromatic carbocycles. The van der Waals surface area contributed by atoms with Crippen molar-refractivity contribution in [1.82, 2.24) is 20.1 Å². The van der Waals surface area contributed by atoms with Crippen molar-refractivity contribution in [3.05, 3.63) is 46.8 Å². The maximum atomic E-state index is 12.9. The number of carbonyl (C=O) groups is 2. The lowest BCUT2D eigenvalue weighted by molar-refractivity contribution is -0.131. The van der Waals surface area contributed by atoms with Crippen molar-refractivity contribution in [2.45, 2.75) is 26.3 Å². The van der Waals surface area contributed by atoms with Crippen molar-refractivity contribution in [1.29, 1.82) is 0 Å². The Bertz CT molecular complexity index is 900. The van der Waals surface area contributed by atoms with Gasteiger partial charge in [0.05, 0.1) is 19.0 Å². The number of aryl methyl sites for hydroxylation is 2. The Morgan fingerprint density at radius 2 is 1.88 bits per heavy atom. The maximum absolute atomic E-state index is 12.9. The number of hydrogen-bond acceptors (Lipinski definition) is 5. The van der Waals surface area contributed by atoms with Crippen LogP contribution in [0.5, 0.6) is 5.75 Å². The average Bonchev–Trinajstić information content (AvgIpc) is 2.99. The zero-order chi connectivity index (χ0) is 19.1. The number of rotatable bonds is 4. The monoisotopic (exact) mass is 355 g/mol. The normalized spacial score (nSPS) is 20.1. The SMILES string of the molecule is COc1ccc([C@@]2(C)NC(=O)N(N=Cc3c(C)nn(C)c3C)C2=O)cc1. The van der Waals surface area contributed by atoms with Crippen LogP contribution in [0.2, 0.25) is 0 Å². The molecular formula is C18H21N5O3. The predicted molar refractivity (Wildman–Crippen MR) is 96.0 cm³/mol. The van der Waals surface area contributed by atoms with E-state index in [1.807, 2.05) is 20.9 Å². The number of methoxy groups -OCH3 is 1. The molecule has 0 bridgehead atoms. The zero-order valence-corrected chi connectivity index (χ0v) is 15.4. The molecule has 3 rings (SSSR count). The second-order valence-corrected chi connectivity index (χ2v) is 6.35. The summed E-state index contributed by atoms with van der Waals surface area (Å²) in [7, 11) is 3.40. The smallest absolute Gasteiger partial charge is 0.346 e. The molecule has 136 valence electrons. The van der Waals surface area contributed by atoms with Crippen molar-refractivity contribution in [2.75, 3.05) is 7.11 Å². The molecule has 0 radical (unpaired) electrons. The third-order valence-corrected chi connectivity index (χ3v) is 4.70. The first-order chi connectivity index (χ1) is 12.3. The number of amides is 3. The van der Waals surface area contributed by atoms with Crippen LogP contribution in [-0.2, 0) is 17.4 Å². The third kappa shape index (κ3) is 2.73. The van der Waals surface area contributed by atoms with E-state index in [0.717, 1.165) is 22.0 Å². The molecular weight excluding hydrogens is 334 g/mol. The van der Waals surface area contributed by atoms with Crippen LogP contribution in [0.1, 0.15) is 29.4 Å². The maximum Gasteiger partial charge on any atom is 0.346 e. The van der Waals surface area contributed by atoms with E-state index in [-0.39, 0.29) is 0 Å². The quantitative estimate of drug-likeness (QED) is 0.669. The number of urea groups is 1.